The number of hydrogen-bond donors (Lipinski definition) is 2. The molecule has 0 radical (unpaired) electrons. The van der Waals surface area contributed by atoms with Crippen molar-refractivity contribution >= 4 is 22.4 Å². The van der Waals surface area contributed by atoms with Gasteiger partial charge in [0.1, 0.15) is 5.82 Å². The molecule has 0 aliphatic heterocycles. The highest BCUT2D eigenvalue weighted by atomic mass is 16.8. The maximum absolute atomic E-state index is 10.8. The maximum Gasteiger partial charge on any atom is 0.112 e. The van der Waals surface area contributed by atoms with Crippen LogP contribution in [0.4, 0.5) is 11.5 Å². The highest BCUT2D eigenvalue weighted by Crippen LogP contribution is 2.36. The maximum atomic E-state index is 10.8. The molecule has 0 fully saturated rings. The standard InChI is InChI=1S/C15H14N3O2/c1-17-13-5-3-2-4-12(13)14(15(17)16)10-6-8-11(9-7-10)18(19)20/h2-9,19H,16H2,1H3/q-1. The van der Waals surface area contributed by atoms with Gasteiger partial charge in [-0.15, -0.1) is 0 Å². The molecule has 0 aliphatic carbocycles. The van der Waals surface area contributed by atoms with Crippen LogP contribution in [-0.2, 0) is 7.05 Å². The van der Waals surface area contributed by atoms with E-state index in [1.54, 1.807) is 24.3 Å². The van der Waals surface area contributed by atoms with E-state index < -0.39 is 0 Å². The molecular formula is C15H14N3O2-. The minimum absolute atomic E-state index is 0.157. The van der Waals surface area contributed by atoms with Crippen LogP contribution in [0.25, 0.3) is 22.0 Å². The third kappa shape index (κ3) is 1.80. The van der Waals surface area contributed by atoms with Gasteiger partial charge in [0.15, 0.2) is 0 Å². The highest BCUT2D eigenvalue weighted by molar-refractivity contribution is 6.02. The zero-order valence-electron chi connectivity index (χ0n) is 10.9. The first-order valence-electron chi connectivity index (χ1n) is 6.19. The number of nitrogens with two attached hydrogens (primary N) is 1. The van der Waals surface area contributed by atoms with Crippen LogP contribution in [0.1, 0.15) is 0 Å². The van der Waals surface area contributed by atoms with Gasteiger partial charge in [-0.3, -0.25) is 5.21 Å². The number of nitrogen functional groups attached to an aromatic ring is 1. The van der Waals surface area contributed by atoms with Crippen LogP contribution >= 0.6 is 0 Å². The molecule has 3 aromatic rings. The number of benzene rings is 2. The zero-order chi connectivity index (χ0) is 14.3. The number of hydrogen-bond acceptors (Lipinski definition) is 4. The minimum atomic E-state index is -0.157. The third-order valence-electron chi connectivity index (χ3n) is 3.53. The Morgan fingerprint density at radius 3 is 2.40 bits per heavy atom. The summed E-state index contributed by atoms with van der Waals surface area (Å²) in [5.41, 5.74) is 9.27. The quantitative estimate of drug-likeness (QED) is 0.700. The van der Waals surface area contributed by atoms with Crippen molar-refractivity contribution in [2.75, 3.05) is 11.0 Å². The van der Waals surface area contributed by atoms with Crippen LogP contribution < -0.4 is 11.0 Å². The van der Waals surface area contributed by atoms with Gasteiger partial charge in [-0.2, -0.15) is 0 Å². The lowest BCUT2D eigenvalue weighted by Gasteiger charge is -2.21. The molecule has 0 spiro atoms. The van der Waals surface area contributed by atoms with Gasteiger partial charge in [0.25, 0.3) is 0 Å². The number of nitrogens with zero attached hydrogens (tertiary/aromatic N) is 2. The van der Waals surface area contributed by atoms with E-state index in [0.717, 1.165) is 22.0 Å². The Morgan fingerprint density at radius 2 is 1.75 bits per heavy atom. The van der Waals surface area contributed by atoms with Crippen molar-refractivity contribution in [3.8, 4) is 11.1 Å². The molecule has 3 rings (SSSR count). The van der Waals surface area contributed by atoms with E-state index in [1.807, 2.05) is 35.9 Å². The first kappa shape index (κ1) is 12.5. The topological polar surface area (TPSA) is 77.5 Å². The van der Waals surface area contributed by atoms with Gasteiger partial charge in [0.2, 0.25) is 0 Å². The predicted octanol–water partition coefficient (Wildman–Crippen LogP) is 3.12. The first-order valence-corrected chi connectivity index (χ1v) is 6.19. The van der Waals surface area contributed by atoms with Crippen molar-refractivity contribution in [2.45, 2.75) is 0 Å². The van der Waals surface area contributed by atoms with Gasteiger partial charge in [-0.05, 0) is 23.8 Å². The number of rotatable bonds is 2. The Hall–Kier alpha value is -2.50. The Labute approximate surface area is 116 Å². The number of anilines is 2. The van der Waals surface area contributed by atoms with Gasteiger partial charge in [0.05, 0.1) is 5.69 Å². The van der Waals surface area contributed by atoms with E-state index in [4.69, 9.17) is 10.9 Å². The first-order chi connectivity index (χ1) is 9.59. The fraction of sp³-hybridized carbons (Fsp3) is 0.0667. The summed E-state index contributed by atoms with van der Waals surface area (Å²) in [7, 11) is 1.92. The molecular weight excluding hydrogens is 254 g/mol. The SMILES string of the molecule is Cn1c(N)c(-c2ccc(N([O-])O)cc2)c2ccccc21. The van der Waals surface area contributed by atoms with Gasteiger partial charge in [-0.25, -0.2) is 0 Å². The molecule has 1 heterocycles. The van der Waals surface area contributed by atoms with Gasteiger partial charge in [0, 0.05) is 23.5 Å². The second-order valence-electron chi connectivity index (χ2n) is 4.66. The lowest BCUT2D eigenvalue weighted by atomic mass is 10.0. The molecule has 0 atom stereocenters. The lowest BCUT2D eigenvalue weighted by Crippen LogP contribution is -2.06. The summed E-state index contributed by atoms with van der Waals surface area (Å²) in [5, 5.41) is 20.6. The number of aromatic nitrogens is 1. The molecule has 0 bridgehead atoms. The van der Waals surface area contributed by atoms with Crippen molar-refractivity contribution < 1.29 is 5.21 Å². The minimum Gasteiger partial charge on any atom is -0.733 e. The molecule has 102 valence electrons. The van der Waals surface area contributed by atoms with Crippen molar-refractivity contribution in [3.05, 3.63) is 53.7 Å². The number of para-hydroxylation sites is 1. The summed E-state index contributed by atoms with van der Waals surface area (Å²) in [5.74, 6) is 0.668. The summed E-state index contributed by atoms with van der Waals surface area (Å²) < 4.78 is 1.94. The molecule has 0 saturated heterocycles. The Bertz CT molecular complexity index is 761. The Kier molecular flexibility index (Phi) is 2.85. The molecule has 0 unspecified atom stereocenters. The molecule has 0 saturated carbocycles. The van der Waals surface area contributed by atoms with Crippen molar-refractivity contribution in [3.63, 3.8) is 0 Å². The molecule has 3 N–H and O–H groups in total. The van der Waals surface area contributed by atoms with Crippen molar-refractivity contribution in [1.82, 2.24) is 4.57 Å². The summed E-state index contributed by atoms with van der Waals surface area (Å²) in [4.78, 5) is 0. The zero-order valence-corrected chi connectivity index (χ0v) is 10.9. The number of fused-ring (bicyclic) bond motifs is 1. The fourth-order valence-electron chi connectivity index (χ4n) is 2.47. The summed E-state index contributed by atoms with van der Waals surface area (Å²) in [6, 6.07) is 14.6. The van der Waals surface area contributed by atoms with E-state index >= 15 is 0 Å². The second-order valence-corrected chi connectivity index (χ2v) is 4.66. The smallest absolute Gasteiger partial charge is 0.112 e. The monoisotopic (exact) mass is 268 g/mol. The normalized spacial score (nSPS) is 10.9. The molecule has 5 heteroatoms. The largest absolute Gasteiger partial charge is 0.733 e. The highest BCUT2D eigenvalue weighted by Gasteiger charge is 2.13. The van der Waals surface area contributed by atoms with Gasteiger partial charge >= 0.3 is 0 Å². The summed E-state index contributed by atoms with van der Waals surface area (Å²) >= 11 is 0. The van der Waals surface area contributed by atoms with Crippen molar-refractivity contribution in [2.24, 2.45) is 7.05 Å². The molecule has 0 aliphatic rings. The Balaban J connectivity index is 2.21. The van der Waals surface area contributed by atoms with E-state index in [1.165, 1.54) is 0 Å². The van der Waals surface area contributed by atoms with E-state index in [9.17, 15) is 5.21 Å². The van der Waals surface area contributed by atoms with Crippen LogP contribution in [0.15, 0.2) is 48.5 Å². The molecule has 5 nitrogen and oxygen atoms in total. The third-order valence-corrected chi connectivity index (χ3v) is 3.53. The average Bonchev–Trinajstić information content (AvgIpc) is 2.72. The van der Waals surface area contributed by atoms with Crippen LogP contribution in [0.5, 0.6) is 0 Å². The van der Waals surface area contributed by atoms with E-state index in [0.29, 0.717) is 5.82 Å². The average molecular weight is 268 g/mol. The van der Waals surface area contributed by atoms with Crippen LogP contribution in [0.2, 0.25) is 0 Å². The lowest BCUT2D eigenvalue weighted by molar-refractivity contribution is 0.296. The van der Waals surface area contributed by atoms with Crippen molar-refractivity contribution in [1.29, 1.82) is 0 Å². The van der Waals surface area contributed by atoms with Crippen LogP contribution in [0, 0.1) is 5.21 Å². The Morgan fingerprint density at radius 1 is 1.10 bits per heavy atom. The molecule has 0 amide bonds. The van der Waals surface area contributed by atoms with E-state index in [-0.39, 0.29) is 10.9 Å². The number of aryl methyl sites for hydroxylation is 1. The van der Waals surface area contributed by atoms with Crippen LogP contribution in [-0.4, -0.2) is 9.77 Å². The summed E-state index contributed by atoms with van der Waals surface area (Å²) in [6.07, 6.45) is 0. The molecule has 20 heavy (non-hydrogen) atoms. The fourth-order valence-corrected chi connectivity index (χ4v) is 2.47. The molecule has 2 aromatic carbocycles. The second kappa shape index (κ2) is 4.56. The van der Waals surface area contributed by atoms with Crippen LogP contribution in [0.3, 0.4) is 0 Å². The van der Waals surface area contributed by atoms with Gasteiger partial charge in [-0.1, -0.05) is 30.3 Å². The molecule has 1 aromatic heterocycles. The summed E-state index contributed by atoms with van der Waals surface area (Å²) in [6.45, 7) is 0. The van der Waals surface area contributed by atoms with E-state index in [2.05, 4.69) is 0 Å². The van der Waals surface area contributed by atoms with Gasteiger partial charge < -0.3 is 20.7 Å². The predicted molar refractivity (Wildman–Crippen MR) is 80.4 cm³/mol.